The molecule has 3 aliphatic carbocycles. The molecule has 3 aromatic heterocycles. The van der Waals surface area contributed by atoms with Crippen molar-refractivity contribution in [3.63, 3.8) is 0 Å². The molecule has 67 heavy (non-hydrogen) atoms. The molecule has 3 saturated carbocycles. The number of nitrogens with one attached hydrogen (secondary N) is 3. The van der Waals surface area contributed by atoms with Crippen LogP contribution in [0.2, 0.25) is 0 Å². The number of hydrogen-bond donors (Lipinski definition) is 4. The number of piperazine rings is 1. The van der Waals surface area contributed by atoms with Crippen LogP contribution in [0, 0.1) is 21.4 Å². The summed E-state index contributed by atoms with van der Waals surface area (Å²) in [4.78, 5) is 44.3. The Bertz CT molecular complexity index is 2750. The van der Waals surface area contributed by atoms with Gasteiger partial charge in [-0.05, 0) is 130 Å². The van der Waals surface area contributed by atoms with Crippen molar-refractivity contribution < 1.29 is 28.0 Å². The van der Waals surface area contributed by atoms with Gasteiger partial charge in [-0.2, -0.15) is 0 Å². The Balaban J connectivity index is 0.836. The number of aromatic nitrogens is 3. The van der Waals surface area contributed by atoms with E-state index in [1.54, 1.807) is 36.9 Å². The van der Waals surface area contributed by atoms with Crippen LogP contribution in [-0.4, -0.2) is 107 Å². The SMILES string of the molecule is CCN1CCN(C2CC3(CCN(c4ccc(C(=O)NS(=O)(=O)c5cnc(NCC6CCC(C)(O)CC6)c([N+](=O)[O-])c5)c(Oc5cnc6[nH]ccc6c5)c4)CC3)C2)C(c2ccccc2C2CC2)C1. The minimum absolute atomic E-state index is 0.0370. The fraction of sp³-hybridized carbons (Fsp3) is 0.500. The number of piperidine rings is 1. The number of hydrogen-bond acceptors (Lipinski definition) is 13. The summed E-state index contributed by atoms with van der Waals surface area (Å²) < 4.78 is 36.0. The van der Waals surface area contributed by atoms with Crippen molar-refractivity contribution in [1.82, 2.24) is 29.5 Å². The lowest BCUT2D eigenvalue weighted by Gasteiger charge is -2.58. The predicted octanol–water partition coefficient (Wildman–Crippen LogP) is 8.14. The first-order valence-electron chi connectivity index (χ1n) is 24.0. The van der Waals surface area contributed by atoms with Gasteiger partial charge >= 0.3 is 5.69 Å². The van der Waals surface area contributed by atoms with E-state index in [1.807, 2.05) is 12.1 Å². The minimum Gasteiger partial charge on any atom is -0.455 e. The number of pyridine rings is 2. The number of amides is 1. The van der Waals surface area contributed by atoms with Crippen LogP contribution >= 0.6 is 0 Å². The number of benzene rings is 2. The maximum absolute atomic E-state index is 14.0. The van der Waals surface area contributed by atoms with E-state index in [0.717, 1.165) is 88.3 Å². The van der Waals surface area contributed by atoms with E-state index in [0.29, 0.717) is 48.8 Å². The van der Waals surface area contributed by atoms with Crippen molar-refractivity contribution in [2.75, 3.05) is 56.0 Å². The Kier molecular flexibility index (Phi) is 12.2. The monoisotopic (exact) mass is 931 g/mol. The highest BCUT2D eigenvalue weighted by molar-refractivity contribution is 7.90. The van der Waals surface area contributed by atoms with Gasteiger partial charge in [0.1, 0.15) is 22.0 Å². The molecule has 10 rings (SSSR count). The lowest BCUT2D eigenvalue weighted by atomic mass is 9.59. The Morgan fingerprint density at radius 3 is 2.45 bits per heavy atom. The van der Waals surface area contributed by atoms with Gasteiger partial charge in [0.15, 0.2) is 0 Å². The number of anilines is 2. The molecular weight excluding hydrogens is 871 g/mol. The molecule has 2 aromatic carbocycles. The Hall–Kier alpha value is -5.62. The molecule has 0 bridgehead atoms. The number of fused-ring (bicyclic) bond motifs is 1. The average Bonchev–Trinajstić information content (AvgIpc) is 4.06. The molecule has 5 heterocycles. The van der Waals surface area contributed by atoms with E-state index >= 15 is 0 Å². The van der Waals surface area contributed by atoms with Gasteiger partial charge in [-0.3, -0.25) is 19.8 Å². The van der Waals surface area contributed by atoms with Crippen LogP contribution in [0.25, 0.3) is 11.0 Å². The second-order valence-corrected chi connectivity index (χ2v) is 21.7. The molecule has 1 amide bonds. The number of ether oxygens (including phenoxy) is 1. The highest BCUT2D eigenvalue weighted by Crippen LogP contribution is 2.54. The third-order valence-corrected chi connectivity index (χ3v) is 16.7. The van der Waals surface area contributed by atoms with Crippen LogP contribution in [0.4, 0.5) is 17.2 Å². The number of H-pyrrole nitrogens is 1. The van der Waals surface area contributed by atoms with Gasteiger partial charge in [-0.15, -0.1) is 0 Å². The number of rotatable bonds is 14. The molecule has 1 atom stereocenters. The third-order valence-electron chi connectivity index (χ3n) is 15.5. The molecule has 0 radical (unpaired) electrons. The van der Waals surface area contributed by atoms with E-state index in [1.165, 1.54) is 37.4 Å². The van der Waals surface area contributed by atoms with Gasteiger partial charge in [0.05, 0.1) is 28.5 Å². The fourth-order valence-corrected chi connectivity index (χ4v) is 12.1. The molecular formula is C50H61N9O7S. The summed E-state index contributed by atoms with van der Waals surface area (Å²) in [6.07, 6.45) is 14.1. The summed E-state index contributed by atoms with van der Waals surface area (Å²) in [5.41, 5.74) is 3.59. The zero-order chi connectivity index (χ0) is 46.5. The first-order chi connectivity index (χ1) is 32.2. The Morgan fingerprint density at radius 1 is 0.955 bits per heavy atom. The van der Waals surface area contributed by atoms with Gasteiger partial charge in [-0.25, -0.2) is 23.1 Å². The van der Waals surface area contributed by atoms with E-state index in [4.69, 9.17) is 4.74 Å². The van der Waals surface area contributed by atoms with Gasteiger partial charge in [0.25, 0.3) is 15.9 Å². The zero-order valence-corrected chi connectivity index (χ0v) is 39.1. The number of likely N-dealkylation sites (N-methyl/N-ethyl adjacent to an activating group) is 1. The maximum atomic E-state index is 14.0. The molecule has 5 aromatic rings. The van der Waals surface area contributed by atoms with Gasteiger partial charge in [0.2, 0.25) is 5.82 Å². The summed E-state index contributed by atoms with van der Waals surface area (Å²) in [6, 6.07) is 19.9. The summed E-state index contributed by atoms with van der Waals surface area (Å²) in [6.45, 7) is 10.5. The number of aliphatic hydroxyl groups is 1. The van der Waals surface area contributed by atoms with Crippen LogP contribution in [-0.2, 0) is 10.0 Å². The topological polar surface area (TPSA) is 199 Å². The van der Waals surface area contributed by atoms with Crippen LogP contribution in [0.5, 0.6) is 11.5 Å². The summed E-state index contributed by atoms with van der Waals surface area (Å²) in [5.74, 6) is 0.340. The maximum Gasteiger partial charge on any atom is 0.312 e. The van der Waals surface area contributed by atoms with Crippen LogP contribution in [0.3, 0.4) is 0 Å². The quantitative estimate of drug-likeness (QED) is 0.0615. The van der Waals surface area contributed by atoms with Gasteiger partial charge < -0.3 is 29.9 Å². The number of aromatic amines is 1. The van der Waals surface area contributed by atoms with Crippen molar-refractivity contribution in [3.8, 4) is 11.5 Å². The molecule has 1 spiro atoms. The van der Waals surface area contributed by atoms with Crippen molar-refractivity contribution in [2.45, 2.75) is 107 Å². The highest BCUT2D eigenvalue weighted by atomic mass is 32.2. The Morgan fingerprint density at radius 2 is 1.72 bits per heavy atom. The predicted molar refractivity (Wildman–Crippen MR) is 256 cm³/mol. The van der Waals surface area contributed by atoms with Crippen molar-refractivity contribution in [2.24, 2.45) is 11.3 Å². The van der Waals surface area contributed by atoms with Crippen molar-refractivity contribution in [3.05, 3.63) is 106 Å². The molecule has 16 nitrogen and oxygen atoms in total. The van der Waals surface area contributed by atoms with E-state index in [2.05, 4.69) is 70.9 Å². The molecule has 17 heteroatoms. The molecule has 1 unspecified atom stereocenters. The van der Waals surface area contributed by atoms with Crippen LogP contribution in [0.1, 0.15) is 112 Å². The largest absolute Gasteiger partial charge is 0.455 e. The number of carbonyl (C=O) groups excluding carboxylic acids is 1. The van der Waals surface area contributed by atoms with E-state index in [-0.39, 0.29) is 28.5 Å². The molecule has 5 aliphatic rings. The summed E-state index contributed by atoms with van der Waals surface area (Å²) in [7, 11) is -4.63. The second kappa shape index (κ2) is 18.1. The van der Waals surface area contributed by atoms with Crippen molar-refractivity contribution >= 4 is 44.2 Å². The number of nitro groups is 1. The first kappa shape index (κ1) is 45.2. The smallest absolute Gasteiger partial charge is 0.312 e. The normalized spacial score (nSPS) is 23.8. The van der Waals surface area contributed by atoms with Gasteiger partial charge in [-0.1, -0.05) is 31.2 Å². The second-order valence-electron chi connectivity index (χ2n) is 20.0. The summed E-state index contributed by atoms with van der Waals surface area (Å²) >= 11 is 0. The van der Waals surface area contributed by atoms with Crippen LogP contribution in [0.15, 0.2) is 84.1 Å². The number of nitrogens with zero attached hydrogens (tertiary/aromatic N) is 6. The standard InChI is InChI=1S/C50H61N9O7S/c1-3-56-22-23-58(44(32-56)41-7-5-4-6-40(41)34-8-9-34)37-27-50(28-37)17-20-57(21-18-50)36-10-11-42(45(25-36)66-38-24-35-14-19-51-46(35)53-30-38)48(60)55-67(64,65)39-26-43(59(62)63)47(54-31-39)52-29-33-12-15-49(2,61)16-13-33/h4-7,10-11,14,19,24-26,30-31,33-34,37,44,61H,3,8-9,12-13,15-18,20-23,27-29,32H2,1-2H3,(H,51,53)(H,52,54)(H,55,60). The van der Waals surface area contributed by atoms with Gasteiger partial charge in [0, 0.05) is 80.8 Å². The third kappa shape index (κ3) is 9.60. The molecule has 2 saturated heterocycles. The number of sulfonamides is 1. The van der Waals surface area contributed by atoms with Crippen molar-refractivity contribution in [1.29, 1.82) is 0 Å². The fourth-order valence-electron chi connectivity index (χ4n) is 11.2. The molecule has 5 fully saturated rings. The summed E-state index contributed by atoms with van der Waals surface area (Å²) in [5, 5.41) is 26.3. The minimum atomic E-state index is -4.63. The van der Waals surface area contributed by atoms with E-state index in [9.17, 15) is 28.4 Å². The van der Waals surface area contributed by atoms with E-state index < -0.39 is 37.0 Å². The number of carbonyl (C=O) groups is 1. The lowest BCUT2D eigenvalue weighted by molar-refractivity contribution is -0.384. The highest BCUT2D eigenvalue weighted by Gasteiger charge is 2.50. The Labute approximate surface area is 391 Å². The molecule has 2 aliphatic heterocycles. The zero-order valence-electron chi connectivity index (χ0n) is 38.3. The average molecular weight is 932 g/mol. The molecule has 4 N–H and O–H groups in total. The molecule has 354 valence electrons. The van der Waals surface area contributed by atoms with Crippen LogP contribution < -0.4 is 19.7 Å². The first-order valence-corrected chi connectivity index (χ1v) is 25.5. The lowest BCUT2D eigenvalue weighted by Crippen LogP contribution is -2.60.